The monoisotopic (exact) mass is 835 g/mol. The molecular weight excluding hydrogens is 805 g/mol. The number of carbonyl (C=O) groups excluding carboxylic acids is 2. The number of benzene rings is 3. The molecule has 19 heteroatoms. The maximum absolute atomic E-state index is 13.8. The van der Waals surface area contributed by atoms with Crippen LogP contribution in [0.1, 0.15) is 28.2 Å². The Labute approximate surface area is 335 Å². The molecule has 7 rings (SSSR count). The van der Waals surface area contributed by atoms with Crippen LogP contribution in [0, 0.1) is 0 Å². The standard InChI is InChI=1S/C37H31F2N7O6S4/c1-51-17-26-41-36(56-45-26)55-19-21-18-53-32-28(31(48)46(32)29(21)33(49)50)42-30(47)27(44-52-34(38)39)25-20-54-35(40-25)43-37(22-11-5-2-6-12-22,23-13-7-3-8-14-23)24-15-9-4-10-16-24/h2-16,20,28,32,34H,17-19H2,1H3,(H,40,43)(H,42,47)(H,49,50)/t28?,32-/m1/s1. The van der Waals surface area contributed by atoms with Crippen molar-refractivity contribution in [2.24, 2.45) is 5.16 Å². The van der Waals surface area contributed by atoms with Crippen LogP contribution in [0.5, 0.6) is 0 Å². The van der Waals surface area contributed by atoms with E-state index in [0.717, 1.165) is 44.5 Å². The maximum Gasteiger partial charge on any atom is 0.407 e. The fraction of sp³-hybridized carbons (Fsp3) is 0.216. The Hall–Kier alpha value is -5.21. The van der Waals surface area contributed by atoms with E-state index in [4.69, 9.17) is 4.74 Å². The normalized spacial score (nSPS) is 17.0. The summed E-state index contributed by atoms with van der Waals surface area (Å²) < 4.78 is 36.5. The van der Waals surface area contributed by atoms with Gasteiger partial charge in [0.2, 0.25) is 0 Å². The van der Waals surface area contributed by atoms with E-state index < -0.39 is 47.1 Å². The van der Waals surface area contributed by atoms with Crippen LogP contribution < -0.4 is 10.6 Å². The molecule has 2 aromatic heterocycles. The number of ether oxygens (including phenoxy) is 1. The first kappa shape index (κ1) is 39.0. The van der Waals surface area contributed by atoms with Crippen molar-refractivity contribution in [1.29, 1.82) is 0 Å². The van der Waals surface area contributed by atoms with Gasteiger partial charge in [-0.15, -0.1) is 23.1 Å². The molecule has 56 heavy (non-hydrogen) atoms. The molecule has 2 amide bonds. The number of nitrogens with zero attached hydrogens (tertiary/aromatic N) is 5. The molecule has 0 spiro atoms. The van der Waals surface area contributed by atoms with E-state index in [0.29, 0.717) is 20.9 Å². The molecule has 0 saturated carbocycles. The van der Waals surface area contributed by atoms with Crippen molar-refractivity contribution in [3.8, 4) is 0 Å². The molecule has 3 N–H and O–H groups in total. The summed E-state index contributed by atoms with van der Waals surface area (Å²) in [7, 11) is 1.53. The zero-order chi connectivity index (χ0) is 39.2. The molecular formula is C37H31F2N7O6S4. The fourth-order valence-electron chi connectivity index (χ4n) is 6.32. The number of fused-ring (bicyclic) bond motifs is 1. The number of methoxy groups -OCH3 is 1. The maximum atomic E-state index is 13.8. The Balaban J connectivity index is 1.13. The average molecular weight is 836 g/mol. The molecule has 0 radical (unpaired) electrons. The van der Waals surface area contributed by atoms with E-state index >= 15 is 0 Å². The summed E-state index contributed by atoms with van der Waals surface area (Å²) >= 11 is 4.83. The third kappa shape index (κ3) is 8.03. The highest BCUT2D eigenvalue weighted by molar-refractivity contribution is 8.01. The van der Waals surface area contributed by atoms with Crippen LogP contribution in [-0.4, -0.2) is 84.5 Å². The number of oxime groups is 1. The summed E-state index contributed by atoms with van der Waals surface area (Å²) in [6, 6.07) is 27.9. The van der Waals surface area contributed by atoms with Crippen LogP contribution in [-0.2, 0) is 36.1 Å². The highest BCUT2D eigenvalue weighted by Gasteiger charge is 2.54. The summed E-state index contributed by atoms with van der Waals surface area (Å²) in [5, 5.41) is 20.7. The quantitative estimate of drug-likeness (QED) is 0.0348. The minimum atomic E-state index is -3.35. The number of rotatable bonds is 16. The second-order valence-corrected chi connectivity index (χ2v) is 16.1. The molecule has 3 aromatic carbocycles. The third-order valence-corrected chi connectivity index (χ3v) is 12.8. The third-order valence-electron chi connectivity index (χ3n) is 8.73. The molecule has 288 valence electrons. The zero-order valence-corrected chi connectivity index (χ0v) is 32.5. The second kappa shape index (κ2) is 17.3. The van der Waals surface area contributed by atoms with Crippen LogP contribution in [0.15, 0.2) is 117 Å². The SMILES string of the molecule is COCc1nsc(SCC2=C(C(=O)O)N3C(=O)C(NC(=O)C(=NOC(F)F)c4csc(NC(c5ccccc5)(c5ccccc5)c5ccccc5)n4)[C@H]3SC2)n1. The van der Waals surface area contributed by atoms with Gasteiger partial charge in [0.1, 0.15) is 35.0 Å². The number of hydrogen-bond donors (Lipinski definition) is 3. The minimum absolute atomic E-state index is 0.0885. The number of carbonyl (C=O) groups is 3. The Morgan fingerprint density at radius 2 is 1.64 bits per heavy atom. The molecule has 0 bridgehead atoms. The van der Waals surface area contributed by atoms with Crippen molar-refractivity contribution in [3.05, 3.63) is 136 Å². The molecule has 1 fully saturated rings. The van der Waals surface area contributed by atoms with Crippen molar-refractivity contribution in [3.63, 3.8) is 0 Å². The van der Waals surface area contributed by atoms with Crippen molar-refractivity contribution < 1.29 is 37.8 Å². The summed E-state index contributed by atoms with van der Waals surface area (Å²) in [5.41, 5.74) is 1.31. The lowest BCUT2D eigenvalue weighted by atomic mass is 9.77. The molecule has 4 heterocycles. The lowest BCUT2D eigenvalue weighted by molar-refractivity contribution is -0.150. The molecule has 0 aliphatic carbocycles. The van der Waals surface area contributed by atoms with Gasteiger partial charge >= 0.3 is 12.6 Å². The van der Waals surface area contributed by atoms with Crippen LogP contribution in [0.25, 0.3) is 0 Å². The smallest absolute Gasteiger partial charge is 0.407 e. The lowest BCUT2D eigenvalue weighted by Gasteiger charge is -2.49. The van der Waals surface area contributed by atoms with Gasteiger partial charge in [-0.05, 0) is 33.8 Å². The van der Waals surface area contributed by atoms with Crippen molar-refractivity contribution >= 4 is 75.0 Å². The van der Waals surface area contributed by atoms with E-state index in [2.05, 4.69) is 35.0 Å². The Morgan fingerprint density at radius 3 is 2.21 bits per heavy atom. The number of carboxylic acids is 1. The molecule has 2 atom stereocenters. The van der Waals surface area contributed by atoms with E-state index in [1.165, 1.54) is 36.0 Å². The number of aromatic nitrogens is 3. The highest BCUT2D eigenvalue weighted by Crippen LogP contribution is 2.43. The Morgan fingerprint density at radius 1 is 1.02 bits per heavy atom. The number of halogens is 2. The first-order valence-corrected chi connectivity index (χ1v) is 20.5. The summed E-state index contributed by atoms with van der Waals surface area (Å²) in [6.07, 6.45) is 0. The first-order valence-electron chi connectivity index (χ1n) is 16.8. The molecule has 2 aliphatic rings. The fourth-order valence-corrected chi connectivity index (χ4v) is 10.2. The van der Waals surface area contributed by atoms with Crippen LogP contribution >= 0.6 is 46.4 Å². The number of thioether (sulfide) groups is 2. The highest BCUT2D eigenvalue weighted by atomic mass is 32.2. The number of carboxylic acid groups (broad SMARTS) is 1. The van der Waals surface area contributed by atoms with Gasteiger partial charge in [-0.3, -0.25) is 14.5 Å². The van der Waals surface area contributed by atoms with Gasteiger partial charge in [-0.1, -0.05) is 108 Å². The number of amides is 2. The van der Waals surface area contributed by atoms with Crippen LogP contribution in [0.4, 0.5) is 13.9 Å². The van der Waals surface area contributed by atoms with Crippen LogP contribution in [0.3, 0.4) is 0 Å². The first-order chi connectivity index (χ1) is 27.2. The lowest BCUT2D eigenvalue weighted by Crippen LogP contribution is -2.71. The number of alkyl halides is 2. The van der Waals surface area contributed by atoms with Gasteiger partial charge in [0.25, 0.3) is 11.8 Å². The van der Waals surface area contributed by atoms with E-state index in [9.17, 15) is 28.3 Å². The van der Waals surface area contributed by atoms with E-state index in [1.54, 1.807) is 0 Å². The van der Waals surface area contributed by atoms with E-state index in [-0.39, 0.29) is 29.5 Å². The molecule has 13 nitrogen and oxygen atoms in total. The largest absolute Gasteiger partial charge is 0.477 e. The zero-order valence-electron chi connectivity index (χ0n) is 29.2. The van der Waals surface area contributed by atoms with Crippen LogP contribution in [0.2, 0.25) is 0 Å². The predicted molar refractivity (Wildman–Crippen MR) is 210 cm³/mol. The van der Waals surface area contributed by atoms with Gasteiger partial charge in [-0.25, -0.2) is 14.8 Å². The van der Waals surface area contributed by atoms with Gasteiger partial charge in [0, 0.05) is 24.0 Å². The molecule has 5 aromatic rings. The average Bonchev–Trinajstić information content (AvgIpc) is 3.88. The predicted octanol–water partition coefficient (Wildman–Crippen LogP) is 6.02. The molecule has 1 saturated heterocycles. The second-order valence-electron chi connectivity index (χ2n) is 12.1. The summed E-state index contributed by atoms with van der Waals surface area (Å²) in [5.74, 6) is -1.98. The Kier molecular flexibility index (Phi) is 12.1. The number of anilines is 1. The number of β-lactam (4-membered cyclic amide) rings is 1. The Bertz CT molecular complexity index is 2160. The topological polar surface area (TPSA) is 168 Å². The molecule has 2 aliphatic heterocycles. The number of hydrogen-bond acceptors (Lipinski definition) is 14. The number of aliphatic carboxylic acids is 1. The number of thiazole rings is 1. The number of nitrogens with one attached hydrogen (secondary N) is 2. The van der Waals surface area contributed by atoms with E-state index in [1.807, 2.05) is 91.0 Å². The summed E-state index contributed by atoms with van der Waals surface area (Å²) in [4.78, 5) is 54.0. The molecule has 1 unspecified atom stereocenters. The van der Waals surface area contributed by atoms with Gasteiger partial charge in [0.05, 0.1) is 0 Å². The van der Waals surface area contributed by atoms with Gasteiger partial charge in [0.15, 0.2) is 21.0 Å². The summed E-state index contributed by atoms with van der Waals surface area (Å²) in [6.45, 7) is -3.11. The van der Waals surface area contributed by atoms with Crippen molar-refractivity contribution in [2.45, 2.75) is 34.5 Å². The van der Waals surface area contributed by atoms with Crippen molar-refractivity contribution in [2.75, 3.05) is 23.9 Å². The van der Waals surface area contributed by atoms with Crippen molar-refractivity contribution in [1.82, 2.24) is 24.6 Å². The minimum Gasteiger partial charge on any atom is -0.477 e. The van der Waals surface area contributed by atoms with Gasteiger partial charge < -0.3 is 25.3 Å². The van der Waals surface area contributed by atoms with Gasteiger partial charge in [-0.2, -0.15) is 13.2 Å².